The molecule has 0 aromatic rings. The molecule has 0 fully saturated rings. The Labute approximate surface area is 91.0 Å². The van der Waals surface area contributed by atoms with Crippen molar-refractivity contribution < 1.29 is 8.42 Å². The minimum Gasteiger partial charge on any atom is -0.316 e. The fourth-order valence-corrected chi connectivity index (χ4v) is 2.08. The highest BCUT2D eigenvalue weighted by molar-refractivity contribution is 7.99. The van der Waals surface area contributed by atoms with Crippen LogP contribution in [0.15, 0.2) is 0 Å². The average molecular weight is 235 g/mol. The van der Waals surface area contributed by atoms with Crippen molar-refractivity contribution in [2.75, 3.05) is 36.6 Å². The molecule has 0 saturated carbocycles. The molecule has 0 aliphatic heterocycles. The highest BCUT2D eigenvalue weighted by atomic mass is 32.2. The molecule has 3 nitrogen and oxygen atoms in total. The minimum atomic E-state index is -2.80. The summed E-state index contributed by atoms with van der Waals surface area (Å²) in [7, 11) is -2.80. The standard InChI is InChI=1S/C9H17NO2S2/c1-3-7-13-8-6-10-5-4-9-14(2,11)12/h1,10H,4-9H2,2H3. The number of sulfone groups is 1. The maximum atomic E-state index is 10.8. The lowest BCUT2D eigenvalue weighted by atomic mass is 10.5. The molecule has 1 N–H and O–H groups in total. The number of terminal acetylenes is 1. The van der Waals surface area contributed by atoms with E-state index in [-0.39, 0.29) is 5.75 Å². The summed E-state index contributed by atoms with van der Waals surface area (Å²) in [5, 5.41) is 3.16. The smallest absolute Gasteiger partial charge is 0.147 e. The molecule has 0 aromatic carbocycles. The van der Waals surface area contributed by atoms with E-state index in [1.807, 2.05) is 0 Å². The molecule has 0 spiro atoms. The van der Waals surface area contributed by atoms with Crippen molar-refractivity contribution in [1.82, 2.24) is 5.32 Å². The molecule has 0 atom stereocenters. The number of thioether (sulfide) groups is 1. The van der Waals surface area contributed by atoms with E-state index >= 15 is 0 Å². The second-order valence-electron chi connectivity index (χ2n) is 2.99. The van der Waals surface area contributed by atoms with E-state index in [2.05, 4.69) is 11.2 Å². The topological polar surface area (TPSA) is 46.2 Å². The monoisotopic (exact) mass is 235 g/mol. The van der Waals surface area contributed by atoms with Crippen LogP contribution in [0.3, 0.4) is 0 Å². The van der Waals surface area contributed by atoms with Crippen molar-refractivity contribution in [1.29, 1.82) is 0 Å². The van der Waals surface area contributed by atoms with Gasteiger partial charge in [-0.25, -0.2) is 8.42 Å². The van der Waals surface area contributed by atoms with Crippen molar-refractivity contribution in [3.8, 4) is 12.3 Å². The highest BCUT2D eigenvalue weighted by Gasteiger charge is 1.99. The summed E-state index contributed by atoms with van der Waals surface area (Å²) in [6, 6.07) is 0. The molecular weight excluding hydrogens is 218 g/mol. The van der Waals surface area contributed by atoms with Crippen molar-refractivity contribution in [2.24, 2.45) is 0 Å². The van der Waals surface area contributed by atoms with Gasteiger partial charge >= 0.3 is 0 Å². The first-order chi connectivity index (χ1) is 6.56. The van der Waals surface area contributed by atoms with E-state index in [0.29, 0.717) is 6.42 Å². The maximum Gasteiger partial charge on any atom is 0.147 e. The first-order valence-corrected chi connectivity index (χ1v) is 7.67. The number of nitrogens with one attached hydrogen (secondary N) is 1. The van der Waals surface area contributed by atoms with Crippen LogP contribution in [0.25, 0.3) is 0 Å². The van der Waals surface area contributed by atoms with Crippen molar-refractivity contribution >= 4 is 21.6 Å². The van der Waals surface area contributed by atoms with Gasteiger partial charge in [0.1, 0.15) is 9.84 Å². The van der Waals surface area contributed by atoms with Gasteiger partial charge in [-0.1, -0.05) is 5.92 Å². The van der Waals surface area contributed by atoms with E-state index in [4.69, 9.17) is 6.42 Å². The predicted molar refractivity (Wildman–Crippen MR) is 63.4 cm³/mol. The Kier molecular flexibility index (Phi) is 8.05. The van der Waals surface area contributed by atoms with Crippen molar-refractivity contribution in [3.05, 3.63) is 0 Å². The van der Waals surface area contributed by atoms with E-state index in [1.165, 1.54) is 6.26 Å². The normalized spacial score (nSPS) is 11.1. The van der Waals surface area contributed by atoms with Gasteiger partial charge in [-0.15, -0.1) is 18.2 Å². The molecule has 0 aromatic heterocycles. The third kappa shape index (κ3) is 11.8. The molecule has 82 valence electrons. The lowest BCUT2D eigenvalue weighted by Crippen LogP contribution is -2.20. The van der Waals surface area contributed by atoms with Gasteiger partial charge in [0, 0.05) is 18.6 Å². The number of hydrogen-bond acceptors (Lipinski definition) is 4. The molecule has 0 saturated heterocycles. The molecular formula is C9H17NO2S2. The van der Waals surface area contributed by atoms with Gasteiger partial charge in [0.15, 0.2) is 0 Å². The van der Waals surface area contributed by atoms with E-state index < -0.39 is 9.84 Å². The summed E-state index contributed by atoms with van der Waals surface area (Å²) >= 11 is 1.70. The molecule has 0 aliphatic rings. The van der Waals surface area contributed by atoms with Crippen LogP contribution in [0.5, 0.6) is 0 Å². The summed E-state index contributed by atoms with van der Waals surface area (Å²) < 4.78 is 21.5. The zero-order valence-corrected chi connectivity index (χ0v) is 10.1. The fraction of sp³-hybridized carbons (Fsp3) is 0.778. The van der Waals surface area contributed by atoms with Crippen LogP contribution in [0, 0.1) is 12.3 Å². The third-order valence-corrected chi connectivity index (χ3v) is 3.37. The van der Waals surface area contributed by atoms with Crippen LogP contribution in [0.2, 0.25) is 0 Å². The zero-order valence-electron chi connectivity index (χ0n) is 8.45. The lowest BCUT2D eigenvalue weighted by molar-refractivity contribution is 0.596. The van der Waals surface area contributed by atoms with Gasteiger partial charge < -0.3 is 5.32 Å². The summed E-state index contributed by atoms with van der Waals surface area (Å²) in [4.78, 5) is 0. The van der Waals surface area contributed by atoms with Gasteiger partial charge in [-0.05, 0) is 13.0 Å². The molecule has 14 heavy (non-hydrogen) atoms. The van der Waals surface area contributed by atoms with Crippen LogP contribution >= 0.6 is 11.8 Å². The third-order valence-electron chi connectivity index (χ3n) is 1.48. The van der Waals surface area contributed by atoms with Gasteiger partial charge in [0.05, 0.1) is 11.5 Å². The molecule has 0 amide bonds. The summed E-state index contributed by atoms with van der Waals surface area (Å²) in [5.74, 6) is 4.52. The second-order valence-corrected chi connectivity index (χ2v) is 6.36. The zero-order chi connectivity index (χ0) is 10.9. The number of hydrogen-bond donors (Lipinski definition) is 1. The molecule has 0 unspecified atom stereocenters. The van der Waals surface area contributed by atoms with Gasteiger partial charge in [-0.2, -0.15) is 0 Å². The average Bonchev–Trinajstić information content (AvgIpc) is 2.08. The Morgan fingerprint density at radius 3 is 2.71 bits per heavy atom. The van der Waals surface area contributed by atoms with Crippen LogP contribution in [-0.2, 0) is 9.84 Å². The molecule has 0 radical (unpaired) electrons. The molecule has 0 bridgehead atoms. The summed E-state index contributed by atoms with van der Waals surface area (Å²) in [6.07, 6.45) is 7.02. The van der Waals surface area contributed by atoms with E-state index in [1.54, 1.807) is 11.8 Å². The number of rotatable bonds is 8. The Balaban J connectivity index is 3.12. The molecule has 0 rings (SSSR count). The Morgan fingerprint density at radius 2 is 2.14 bits per heavy atom. The molecule has 0 aliphatic carbocycles. The van der Waals surface area contributed by atoms with Crippen LogP contribution < -0.4 is 5.32 Å². The van der Waals surface area contributed by atoms with Crippen molar-refractivity contribution in [2.45, 2.75) is 6.42 Å². The molecule has 5 heteroatoms. The fourth-order valence-electron chi connectivity index (χ4n) is 0.860. The Hall–Kier alpha value is -0.180. The Bertz CT molecular complexity index is 267. The lowest BCUT2D eigenvalue weighted by Gasteiger charge is -2.02. The van der Waals surface area contributed by atoms with Crippen LogP contribution in [0.4, 0.5) is 0 Å². The minimum absolute atomic E-state index is 0.261. The molecule has 0 heterocycles. The quantitative estimate of drug-likeness (QED) is 0.488. The van der Waals surface area contributed by atoms with Gasteiger partial charge in [0.2, 0.25) is 0 Å². The van der Waals surface area contributed by atoms with Crippen LogP contribution in [-0.4, -0.2) is 45.0 Å². The maximum absolute atomic E-state index is 10.8. The largest absolute Gasteiger partial charge is 0.316 e. The first-order valence-electron chi connectivity index (χ1n) is 4.46. The summed E-state index contributed by atoms with van der Waals surface area (Å²) in [6.45, 7) is 1.64. The van der Waals surface area contributed by atoms with Gasteiger partial charge in [-0.3, -0.25) is 0 Å². The second kappa shape index (κ2) is 8.16. The first kappa shape index (κ1) is 13.8. The highest BCUT2D eigenvalue weighted by Crippen LogP contribution is 1.95. The Morgan fingerprint density at radius 1 is 1.43 bits per heavy atom. The van der Waals surface area contributed by atoms with E-state index in [0.717, 1.165) is 24.6 Å². The van der Waals surface area contributed by atoms with E-state index in [9.17, 15) is 8.42 Å². The predicted octanol–water partition coefficient (Wildman–Crippen LogP) is 0.377. The van der Waals surface area contributed by atoms with Crippen LogP contribution in [0.1, 0.15) is 6.42 Å². The SMILES string of the molecule is C#CCSCCNCCCS(C)(=O)=O. The van der Waals surface area contributed by atoms with Gasteiger partial charge in [0.25, 0.3) is 0 Å². The summed E-state index contributed by atoms with van der Waals surface area (Å²) in [5.41, 5.74) is 0. The van der Waals surface area contributed by atoms with Crippen molar-refractivity contribution in [3.63, 3.8) is 0 Å².